The van der Waals surface area contributed by atoms with Crippen molar-refractivity contribution in [3.63, 3.8) is 0 Å². The molecule has 0 radical (unpaired) electrons. The van der Waals surface area contributed by atoms with E-state index in [2.05, 4.69) is 25.9 Å². The monoisotopic (exact) mass is 294 g/mol. The van der Waals surface area contributed by atoms with E-state index in [0.29, 0.717) is 10.3 Å². The molecule has 13 heavy (non-hydrogen) atoms. The zero-order valence-corrected chi connectivity index (χ0v) is 10.5. The van der Waals surface area contributed by atoms with Crippen molar-refractivity contribution in [1.29, 1.82) is 0 Å². The van der Waals surface area contributed by atoms with Crippen LogP contribution >= 0.6 is 50.6 Å². The number of hydrogen-bond acceptors (Lipinski definition) is 4. The number of fused-ring (bicyclic) bond motifs is 1. The molecule has 0 saturated heterocycles. The molecule has 2 heterocycles. The Bertz CT molecular complexity index is 457. The van der Waals surface area contributed by atoms with Gasteiger partial charge in [-0.3, -0.25) is 0 Å². The Balaban J connectivity index is 2.80. The number of hydrogen-bond donors (Lipinski definition) is 0. The second-order valence-electron chi connectivity index (χ2n) is 2.26. The van der Waals surface area contributed by atoms with Gasteiger partial charge in [-0.1, -0.05) is 23.4 Å². The average Bonchev–Trinajstić information content (AvgIpc) is 2.48. The van der Waals surface area contributed by atoms with Gasteiger partial charge in [0.15, 0.2) is 10.3 Å². The Labute approximate surface area is 96.9 Å². The van der Waals surface area contributed by atoms with Crippen molar-refractivity contribution in [3.8, 4) is 0 Å². The van der Waals surface area contributed by atoms with Gasteiger partial charge < -0.3 is 0 Å². The third kappa shape index (κ3) is 1.70. The number of nitrogens with zero attached hydrogens (tertiary/aromatic N) is 2. The molecule has 0 aliphatic rings. The summed E-state index contributed by atoms with van der Waals surface area (Å²) in [4.78, 5) is 8.49. The quantitative estimate of drug-likeness (QED) is 0.454. The van der Waals surface area contributed by atoms with E-state index >= 15 is 0 Å². The van der Waals surface area contributed by atoms with Gasteiger partial charge in [-0.25, -0.2) is 9.97 Å². The van der Waals surface area contributed by atoms with Gasteiger partial charge in [0.25, 0.3) is 0 Å². The molecule has 2 aromatic rings. The minimum absolute atomic E-state index is 0.532. The van der Waals surface area contributed by atoms with Crippen molar-refractivity contribution in [2.24, 2.45) is 0 Å². The van der Waals surface area contributed by atoms with Crippen molar-refractivity contribution < 1.29 is 0 Å². The van der Waals surface area contributed by atoms with Crippen LogP contribution < -0.4 is 0 Å². The molecule has 0 bridgehead atoms. The molecule has 68 valence electrons. The zero-order valence-electron chi connectivity index (χ0n) is 6.54. The molecule has 0 unspecified atom stereocenters. The van der Waals surface area contributed by atoms with Gasteiger partial charge in [-0.2, -0.15) is 0 Å². The molecule has 0 N–H and O–H groups in total. The Kier molecular flexibility index (Phi) is 2.78. The van der Waals surface area contributed by atoms with Crippen LogP contribution in [0.5, 0.6) is 0 Å². The van der Waals surface area contributed by atoms with Crippen molar-refractivity contribution >= 4 is 60.8 Å². The van der Waals surface area contributed by atoms with Gasteiger partial charge in [0.05, 0.1) is 9.17 Å². The van der Waals surface area contributed by atoms with Crippen LogP contribution in [0, 0.1) is 0 Å². The van der Waals surface area contributed by atoms with Gasteiger partial charge in [0.1, 0.15) is 5.52 Å². The first-order valence-electron chi connectivity index (χ1n) is 3.36. The molecule has 0 aliphatic heterocycles. The molecule has 0 spiro atoms. The lowest BCUT2D eigenvalue weighted by Gasteiger charge is -1.97. The van der Waals surface area contributed by atoms with E-state index in [1.165, 1.54) is 11.8 Å². The van der Waals surface area contributed by atoms with Crippen LogP contribution in [0.2, 0.25) is 5.15 Å². The smallest absolute Gasteiger partial charge is 0.189 e. The van der Waals surface area contributed by atoms with E-state index in [-0.39, 0.29) is 0 Å². The Hall–Kier alpha value is 0.160. The molecule has 0 fully saturated rings. The molecule has 2 rings (SSSR count). The molecule has 0 aromatic carbocycles. The van der Waals surface area contributed by atoms with Crippen LogP contribution in [0.15, 0.2) is 15.0 Å². The van der Waals surface area contributed by atoms with Gasteiger partial charge >= 0.3 is 0 Å². The van der Waals surface area contributed by atoms with Crippen LogP contribution in [0.25, 0.3) is 10.2 Å². The third-order valence-electron chi connectivity index (χ3n) is 1.49. The summed E-state index contributed by atoms with van der Waals surface area (Å²) in [7, 11) is 0. The Morgan fingerprint density at radius 1 is 1.54 bits per heavy atom. The van der Waals surface area contributed by atoms with E-state index < -0.39 is 0 Å². The van der Waals surface area contributed by atoms with Gasteiger partial charge in [0.2, 0.25) is 0 Å². The SMILES string of the molecule is CSc1nc(Cl)c2scc(Br)c2n1. The van der Waals surface area contributed by atoms with Crippen molar-refractivity contribution in [3.05, 3.63) is 15.0 Å². The highest BCUT2D eigenvalue weighted by atomic mass is 79.9. The average molecular weight is 296 g/mol. The summed E-state index contributed by atoms with van der Waals surface area (Å²) < 4.78 is 1.92. The summed E-state index contributed by atoms with van der Waals surface area (Å²) in [6.07, 6.45) is 1.93. The first-order chi connectivity index (χ1) is 6.22. The number of thioether (sulfide) groups is 1. The fourth-order valence-corrected chi connectivity index (χ4v) is 3.09. The zero-order chi connectivity index (χ0) is 9.42. The lowest BCUT2D eigenvalue weighted by atomic mass is 10.5. The predicted molar refractivity (Wildman–Crippen MR) is 61.9 cm³/mol. The van der Waals surface area contributed by atoms with Crippen LogP contribution in [-0.4, -0.2) is 16.2 Å². The number of thiophene rings is 1. The highest BCUT2D eigenvalue weighted by Crippen LogP contribution is 2.33. The number of aromatic nitrogens is 2. The topological polar surface area (TPSA) is 25.8 Å². The number of rotatable bonds is 1. The fourth-order valence-electron chi connectivity index (χ4n) is 0.928. The highest BCUT2D eigenvalue weighted by molar-refractivity contribution is 9.10. The van der Waals surface area contributed by atoms with Crippen molar-refractivity contribution in [1.82, 2.24) is 9.97 Å². The molecule has 6 heteroatoms. The molecule has 2 aromatic heterocycles. The number of halogens is 2. The maximum absolute atomic E-state index is 5.98. The summed E-state index contributed by atoms with van der Waals surface area (Å²) in [5, 5.41) is 3.21. The summed E-state index contributed by atoms with van der Waals surface area (Å²) >= 11 is 12.4. The lowest BCUT2D eigenvalue weighted by Crippen LogP contribution is -1.86. The van der Waals surface area contributed by atoms with Gasteiger partial charge in [0, 0.05) is 5.38 Å². The Morgan fingerprint density at radius 2 is 2.31 bits per heavy atom. The van der Waals surface area contributed by atoms with Crippen molar-refractivity contribution in [2.45, 2.75) is 5.16 Å². The minimum Gasteiger partial charge on any atom is -0.220 e. The van der Waals surface area contributed by atoms with E-state index in [9.17, 15) is 0 Å². The second-order valence-corrected chi connectivity index (χ2v) is 5.13. The van der Waals surface area contributed by atoms with Crippen LogP contribution in [0.3, 0.4) is 0 Å². The molecule has 0 aliphatic carbocycles. The van der Waals surface area contributed by atoms with E-state index in [4.69, 9.17) is 11.6 Å². The third-order valence-corrected chi connectivity index (χ3v) is 4.31. The first kappa shape index (κ1) is 9.71. The van der Waals surface area contributed by atoms with Crippen LogP contribution in [0.4, 0.5) is 0 Å². The van der Waals surface area contributed by atoms with E-state index in [0.717, 1.165) is 14.7 Å². The van der Waals surface area contributed by atoms with Crippen LogP contribution in [0.1, 0.15) is 0 Å². The summed E-state index contributed by atoms with van der Waals surface area (Å²) in [6.45, 7) is 0. The molecule has 2 nitrogen and oxygen atoms in total. The summed E-state index contributed by atoms with van der Waals surface area (Å²) in [6, 6.07) is 0. The normalized spacial score (nSPS) is 11.0. The predicted octanol–water partition coefficient (Wildman–Crippen LogP) is 3.83. The highest BCUT2D eigenvalue weighted by Gasteiger charge is 2.09. The molecular weight excluding hydrogens is 292 g/mol. The molecule has 0 amide bonds. The minimum atomic E-state index is 0.532. The molecular formula is C7H4BrClN2S2. The van der Waals surface area contributed by atoms with Crippen molar-refractivity contribution in [2.75, 3.05) is 6.26 Å². The molecule has 0 atom stereocenters. The maximum Gasteiger partial charge on any atom is 0.189 e. The summed E-state index contributed by atoms with van der Waals surface area (Å²) in [5.74, 6) is 0. The van der Waals surface area contributed by atoms with E-state index in [1.54, 1.807) is 11.3 Å². The standard InChI is InChI=1S/C7H4BrClN2S2/c1-12-7-10-4-3(8)2-13-5(4)6(9)11-7/h2H,1H3. The largest absolute Gasteiger partial charge is 0.220 e. The van der Waals surface area contributed by atoms with Gasteiger partial charge in [-0.15, -0.1) is 11.3 Å². The lowest BCUT2D eigenvalue weighted by molar-refractivity contribution is 1.01. The maximum atomic E-state index is 5.98. The van der Waals surface area contributed by atoms with Crippen LogP contribution in [-0.2, 0) is 0 Å². The second kappa shape index (κ2) is 3.73. The fraction of sp³-hybridized carbons (Fsp3) is 0.143. The summed E-state index contributed by atoms with van der Waals surface area (Å²) in [5.41, 5.74) is 0.898. The first-order valence-corrected chi connectivity index (χ1v) is 6.64. The van der Waals surface area contributed by atoms with Gasteiger partial charge in [-0.05, 0) is 22.2 Å². The molecule has 0 saturated carbocycles. The van der Waals surface area contributed by atoms with E-state index in [1.807, 2.05) is 11.6 Å². The Morgan fingerprint density at radius 3 is 3.00 bits per heavy atom.